The second kappa shape index (κ2) is 11.0. The molecule has 0 bridgehead atoms. The van der Waals surface area contributed by atoms with Gasteiger partial charge in [-0.25, -0.2) is 10.2 Å². The molecule has 2 aromatic heterocycles. The van der Waals surface area contributed by atoms with Crippen molar-refractivity contribution in [2.45, 2.75) is 0 Å². The summed E-state index contributed by atoms with van der Waals surface area (Å²) >= 11 is 9.93. The fourth-order valence-electron chi connectivity index (χ4n) is 3.91. The van der Waals surface area contributed by atoms with E-state index >= 15 is 0 Å². The number of halogens is 2. The second-order valence-electron chi connectivity index (χ2n) is 8.03. The van der Waals surface area contributed by atoms with Crippen LogP contribution in [0.2, 0.25) is 5.02 Å². The number of fused-ring (bicyclic) bond motifs is 1. The number of hydrazone groups is 1. The van der Waals surface area contributed by atoms with Gasteiger partial charge >= 0.3 is 5.97 Å². The number of carbonyl (C=O) groups excluding carboxylic acids is 2. The van der Waals surface area contributed by atoms with Gasteiger partial charge in [0.1, 0.15) is 5.69 Å². The first kappa shape index (κ1) is 25.3. The van der Waals surface area contributed by atoms with E-state index in [0.29, 0.717) is 33.1 Å². The van der Waals surface area contributed by atoms with Crippen molar-refractivity contribution >= 4 is 56.5 Å². The van der Waals surface area contributed by atoms with Crippen LogP contribution in [0.5, 0.6) is 11.5 Å². The predicted molar refractivity (Wildman–Crippen MR) is 148 cm³/mol. The molecule has 5 aromatic rings. The lowest BCUT2D eigenvalue weighted by Crippen LogP contribution is -2.18. The maximum Gasteiger partial charge on any atom is 0.379 e. The Kier molecular flexibility index (Phi) is 7.30. The fraction of sp³-hybridized carbons (Fsp3) is 0.0357. The van der Waals surface area contributed by atoms with Crippen LogP contribution >= 0.6 is 27.5 Å². The van der Waals surface area contributed by atoms with Crippen LogP contribution in [-0.4, -0.2) is 30.2 Å². The zero-order valence-corrected chi connectivity index (χ0v) is 22.2. The highest BCUT2D eigenvalue weighted by Gasteiger charge is 2.21. The molecule has 190 valence electrons. The first-order valence-corrected chi connectivity index (χ1v) is 12.4. The van der Waals surface area contributed by atoms with Crippen LogP contribution in [0.3, 0.4) is 0 Å². The smallest absolute Gasteiger partial charge is 0.379 e. The molecule has 0 saturated heterocycles. The van der Waals surface area contributed by atoms with E-state index in [1.165, 1.54) is 25.7 Å². The highest BCUT2D eigenvalue weighted by Crippen LogP contribution is 2.37. The van der Waals surface area contributed by atoms with Gasteiger partial charge in [-0.05, 0) is 53.6 Å². The van der Waals surface area contributed by atoms with Gasteiger partial charge in [0, 0.05) is 15.4 Å². The number of amides is 1. The summed E-state index contributed by atoms with van der Waals surface area (Å²) in [4.78, 5) is 28.5. The molecule has 0 saturated carbocycles. The molecule has 2 N–H and O–H groups in total. The summed E-state index contributed by atoms with van der Waals surface area (Å²) in [5.41, 5.74) is 5.69. The van der Waals surface area contributed by atoms with E-state index in [9.17, 15) is 9.59 Å². The Hall–Kier alpha value is -4.34. The van der Waals surface area contributed by atoms with E-state index in [0.717, 1.165) is 15.4 Å². The minimum Gasteiger partial charge on any atom is -0.493 e. The summed E-state index contributed by atoms with van der Waals surface area (Å²) in [7, 11) is 1.45. The molecule has 3 aromatic carbocycles. The summed E-state index contributed by atoms with van der Waals surface area (Å²) in [6.45, 7) is 0. The fourth-order valence-corrected chi connectivity index (χ4v) is 4.77. The number of nitrogens with zero attached hydrogens (tertiary/aromatic N) is 1. The van der Waals surface area contributed by atoms with Gasteiger partial charge in [0.2, 0.25) is 5.76 Å². The zero-order valence-electron chi connectivity index (χ0n) is 19.8. The molecule has 8 nitrogen and oxygen atoms in total. The van der Waals surface area contributed by atoms with E-state index in [1.54, 1.807) is 30.3 Å². The molecule has 2 heterocycles. The molecule has 10 heteroatoms. The van der Waals surface area contributed by atoms with E-state index in [1.807, 2.05) is 36.4 Å². The standard InChI is InChI=1S/C28H19BrClN3O5/c1-36-23-12-16(9-10-21(23)38-28(35)22-8-5-11-37-22)15-31-33-27(34)26-24(17-6-3-2-4-7-17)19-13-18(29)14-20(30)25(19)32-26/h2-15,32H,1H3,(H,33,34). The Morgan fingerprint density at radius 2 is 1.87 bits per heavy atom. The number of aromatic amines is 1. The van der Waals surface area contributed by atoms with Crippen LogP contribution in [0, 0.1) is 0 Å². The number of hydrogen-bond acceptors (Lipinski definition) is 6. The first-order valence-electron chi connectivity index (χ1n) is 11.3. The third-order valence-corrected chi connectivity index (χ3v) is 6.36. The number of benzene rings is 3. The molecule has 0 aliphatic heterocycles. The summed E-state index contributed by atoms with van der Waals surface area (Å²) in [6.07, 6.45) is 2.83. The van der Waals surface area contributed by atoms with Gasteiger partial charge in [0.15, 0.2) is 11.5 Å². The van der Waals surface area contributed by atoms with Crippen LogP contribution in [-0.2, 0) is 0 Å². The molecule has 38 heavy (non-hydrogen) atoms. The monoisotopic (exact) mass is 591 g/mol. The number of rotatable bonds is 7. The van der Waals surface area contributed by atoms with Crippen molar-refractivity contribution in [3.8, 4) is 22.6 Å². The number of aromatic nitrogens is 1. The van der Waals surface area contributed by atoms with Gasteiger partial charge in [-0.1, -0.05) is 57.9 Å². The van der Waals surface area contributed by atoms with Crippen LogP contribution in [0.1, 0.15) is 26.6 Å². The van der Waals surface area contributed by atoms with Crippen LogP contribution < -0.4 is 14.9 Å². The topological polar surface area (TPSA) is 106 Å². The van der Waals surface area contributed by atoms with Crippen molar-refractivity contribution in [3.05, 3.63) is 106 Å². The number of esters is 1. The van der Waals surface area contributed by atoms with Gasteiger partial charge in [0.05, 0.1) is 30.1 Å². The number of furan rings is 1. The Balaban J connectivity index is 1.38. The highest BCUT2D eigenvalue weighted by atomic mass is 79.9. The van der Waals surface area contributed by atoms with Crippen LogP contribution in [0.25, 0.3) is 22.0 Å². The summed E-state index contributed by atoms with van der Waals surface area (Å²) in [5, 5.41) is 5.39. The van der Waals surface area contributed by atoms with Crippen molar-refractivity contribution in [3.63, 3.8) is 0 Å². The number of H-pyrrole nitrogens is 1. The van der Waals surface area contributed by atoms with E-state index in [-0.39, 0.29) is 11.5 Å². The van der Waals surface area contributed by atoms with E-state index < -0.39 is 11.9 Å². The highest BCUT2D eigenvalue weighted by molar-refractivity contribution is 9.10. The Morgan fingerprint density at radius 3 is 2.61 bits per heavy atom. The van der Waals surface area contributed by atoms with Crippen LogP contribution in [0.15, 0.2) is 93.1 Å². The van der Waals surface area contributed by atoms with Gasteiger partial charge in [0.25, 0.3) is 5.91 Å². The number of hydrogen-bond donors (Lipinski definition) is 2. The van der Waals surface area contributed by atoms with Gasteiger partial charge in [-0.2, -0.15) is 5.10 Å². The van der Waals surface area contributed by atoms with Crippen molar-refractivity contribution in [1.29, 1.82) is 0 Å². The van der Waals surface area contributed by atoms with Crippen molar-refractivity contribution in [2.75, 3.05) is 7.11 Å². The van der Waals surface area contributed by atoms with Crippen molar-refractivity contribution in [2.24, 2.45) is 5.10 Å². The SMILES string of the molecule is COc1cc(C=NNC(=O)c2[nH]c3c(Cl)cc(Br)cc3c2-c2ccccc2)ccc1OC(=O)c1ccco1. The molecule has 0 atom stereocenters. The molecule has 0 fully saturated rings. The molecular formula is C28H19BrClN3O5. The lowest BCUT2D eigenvalue weighted by atomic mass is 10.0. The van der Waals surface area contributed by atoms with Crippen LogP contribution in [0.4, 0.5) is 0 Å². The Morgan fingerprint density at radius 1 is 1.05 bits per heavy atom. The largest absolute Gasteiger partial charge is 0.493 e. The predicted octanol–water partition coefficient (Wildman–Crippen LogP) is 6.84. The molecule has 0 aliphatic rings. The van der Waals surface area contributed by atoms with Gasteiger partial charge in [-0.3, -0.25) is 4.79 Å². The molecule has 0 aliphatic carbocycles. The maximum absolute atomic E-state index is 13.2. The Labute approximate surface area is 230 Å². The van der Waals surface area contributed by atoms with Gasteiger partial charge < -0.3 is 18.9 Å². The third kappa shape index (κ3) is 5.20. The van der Waals surface area contributed by atoms with E-state index in [2.05, 4.69) is 31.4 Å². The number of ether oxygens (including phenoxy) is 2. The van der Waals surface area contributed by atoms with E-state index in [4.69, 9.17) is 25.5 Å². The number of nitrogens with one attached hydrogen (secondary N) is 2. The summed E-state index contributed by atoms with van der Waals surface area (Å²) < 4.78 is 16.5. The average Bonchev–Trinajstić information content (AvgIpc) is 3.59. The van der Waals surface area contributed by atoms with Crippen molar-refractivity contribution in [1.82, 2.24) is 10.4 Å². The average molecular weight is 593 g/mol. The lowest BCUT2D eigenvalue weighted by molar-refractivity contribution is 0.0696. The second-order valence-corrected chi connectivity index (χ2v) is 9.35. The molecular weight excluding hydrogens is 574 g/mol. The van der Waals surface area contributed by atoms with Gasteiger partial charge in [-0.15, -0.1) is 0 Å². The molecule has 1 amide bonds. The molecule has 0 radical (unpaired) electrons. The zero-order chi connectivity index (χ0) is 26.6. The lowest BCUT2D eigenvalue weighted by Gasteiger charge is -2.09. The number of carbonyl (C=O) groups is 2. The first-order chi connectivity index (χ1) is 18.4. The summed E-state index contributed by atoms with van der Waals surface area (Å²) in [6, 6.07) is 21.2. The number of methoxy groups -OCH3 is 1. The minimum absolute atomic E-state index is 0.0703. The molecule has 5 rings (SSSR count). The molecule has 0 unspecified atom stereocenters. The minimum atomic E-state index is -0.651. The quantitative estimate of drug-likeness (QED) is 0.0932. The maximum atomic E-state index is 13.2. The summed E-state index contributed by atoms with van der Waals surface area (Å²) in [5.74, 6) is -0.506. The van der Waals surface area contributed by atoms with Crippen molar-refractivity contribution < 1.29 is 23.5 Å². The normalized spacial score (nSPS) is 11.1. The Bertz CT molecular complexity index is 1660. The third-order valence-electron chi connectivity index (χ3n) is 5.61. The molecule has 0 spiro atoms.